The van der Waals surface area contributed by atoms with Crippen molar-refractivity contribution in [2.24, 2.45) is 0 Å². The Hall–Kier alpha value is -2.11. The van der Waals surface area contributed by atoms with E-state index in [0.717, 1.165) is 6.07 Å². The zero-order valence-electron chi connectivity index (χ0n) is 11.6. The van der Waals surface area contributed by atoms with Gasteiger partial charge in [-0.15, -0.1) is 0 Å². The molecule has 6 heteroatoms. The number of hydrogen-bond acceptors (Lipinski definition) is 3. The van der Waals surface area contributed by atoms with Gasteiger partial charge < -0.3 is 4.74 Å². The highest BCUT2D eigenvalue weighted by molar-refractivity contribution is 5.87. The highest BCUT2D eigenvalue weighted by Gasteiger charge is 2.33. The number of aryl methyl sites for hydroxylation is 2. The number of benzene rings is 1. The van der Waals surface area contributed by atoms with Crippen LogP contribution in [0, 0.1) is 6.92 Å². The fourth-order valence-corrected chi connectivity index (χ4v) is 2.29. The lowest BCUT2D eigenvalue weighted by Crippen LogP contribution is -2.09. The Morgan fingerprint density at radius 1 is 1.33 bits per heavy atom. The normalized spacial score (nSPS) is 11.7. The Morgan fingerprint density at radius 2 is 2.05 bits per heavy atom. The van der Waals surface area contributed by atoms with Gasteiger partial charge in [-0.1, -0.05) is 6.07 Å². The maximum Gasteiger partial charge on any atom is 0.417 e. The highest BCUT2D eigenvalue weighted by Crippen LogP contribution is 2.36. The fraction of sp³-hybridized carbons (Fsp3) is 0.333. The monoisotopic (exact) mass is 297 g/mol. The van der Waals surface area contributed by atoms with Gasteiger partial charge in [-0.25, -0.2) is 0 Å². The third-order valence-electron chi connectivity index (χ3n) is 3.18. The molecule has 1 aromatic heterocycles. The molecule has 0 spiro atoms. The predicted molar refractivity (Wildman–Crippen MR) is 71.8 cm³/mol. The SMILES string of the molecule is COC(=O)CCc1cc(C)nc2cccc(C(F)(F)F)c12. The van der Waals surface area contributed by atoms with Crippen LogP contribution in [0.2, 0.25) is 0 Å². The molecule has 0 aliphatic rings. The molecule has 0 saturated heterocycles. The molecule has 0 aliphatic heterocycles. The quantitative estimate of drug-likeness (QED) is 0.811. The van der Waals surface area contributed by atoms with Crippen molar-refractivity contribution in [2.75, 3.05) is 7.11 Å². The van der Waals surface area contributed by atoms with Gasteiger partial charge in [-0.2, -0.15) is 13.2 Å². The van der Waals surface area contributed by atoms with Gasteiger partial charge in [0.05, 0.1) is 18.2 Å². The second kappa shape index (κ2) is 5.71. The molecule has 1 aromatic carbocycles. The molecule has 0 amide bonds. The first-order valence-corrected chi connectivity index (χ1v) is 6.36. The molecule has 2 rings (SSSR count). The summed E-state index contributed by atoms with van der Waals surface area (Å²) in [5.41, 5.74) is 0.620. The number of esters is 1. The summed E-state index contributed by atoms with van der Waals surface area (Å²) in [6.45, 7) is 1.71. The third kappa shape index (κ3) is 3.32. The van der Waals surface area contributed by atoms with Crippen molar-refractivity contribution in [3.8, 4) is 0 Å². The maximum atomic E-state index is 13.1. The van der Waals surface area contributed by atoms with Gasteiger partial charge in [-0.05, 0) is 37.1 Å². The van der Waals surface area contributed by atoms with Gasteiger partial charge in [0.25, 0.3) is 0 Å². The smallest absolute Gasteiger partial charge is 0.417 e. The number of carbonyl (C=O) groups excluding carboxylic acids is 1. The van der Waals surface area contributed by atoms with Crippen molar-refractivity contribution < 1.29 is 22.7 Å². The molecule has 0 aliphatic carbocycles. The standard InChI is InChI=1S/C15H14F3NO2/c1-9-8-10(6-7-13(20)21-2)14-11(15(16,17)18)4-3-5-12(14)19-9/h3-5,8H,6-7H2,1-2H3. The minimum absolute atomic E-state index is 0.0290. The summed E-state index contributed by atoms with van der Waals surface area (Å²) >= 11 is 0. The van der Waals surface area contributed by atoms with Crippen LogP contribution in [0.4, 0.5) is 13.2 Å². The summed E-state index contributed by atoms with van der Waals surface area (Å²) in [5.74, 6) is -0.456. The van der Waals surface area contributed by atoms with Crippen molar-refractivity contribution >= 4 is 16.9 Å². The number of methoxy groups -OCH3 is 1. The van der Waals surface area contributed by atoms with Gasteiger partial charge in [0.15, 0.2) is 0 Å². The largest absolute Gasteiger partial charge is 0.469 e. The minimum Gasteiger partial charge on any atom is -0.469 e. The van der Waals surface area contributed by atoms with Crippen LogP contribution < -0.4 is 0 Å². The summed E-state index contributed by atoms with van der Waals surface area (Å²) in [7, 11) is 1.25. The van der Waals surface area contributed by atoms with E-state index in [-0.39, 0.29) is 23.7 Å². The number of pyridine rings is 1. The van der Waals surface area contributed by atoms with E-state index in [1.165, 1.54) is 13.2 Å². The summed E-state index contributed by atoms with van der Waals surface area (Å²) in [4.78, 5) is 15.4. The van der Waals surface area contributed by atoms with Gasteiger partial charge >= 0.3 is 12.1 Å². The molecule has 0 atom stereocenters. The molecule has 21 heavy (non-hydrogen) atoms. The van der Waals surface area contributed by atoms with Crippen LogP contribution in [0.5, 0.6) is 0 Å². The topological polar surface area (TPSA) is 39.2 Å². The minimum atomic E-state index is -4.46. The predicted octanol–water partition coefficient (Wildman–Crippen LogP) is 3.67. The maximum absolute atomic E-state index is 13.1. The molecular weight excluding hydrogens is 283 g/mol. The molecule has 0 saturated carbocycles. The van der Waals surface area contributed by atoms with Crippen molar-refractivity contribution in [3.05, 3.63) is 41.1 Å². The number of halogens is 3. The number of rotatable bonds is 3. The first kappa shape index (κ1) is 15.3. The summed E-state index contributed by atoms with van der Waals surface area (Å²) < 4.78 is 44.0. The third-order valence-corrected chi connectivity index (χ3v) is 3.18. The second-order valence-electron chi connectivity index (χ2n) is 4.70. The second-order valence-corrected chi connectivity index (χ2v) is 4.70. The van der Waals surface area contributed by atoms with Crippen LogP contribution in [-0.2, 0) is 22.1 Å². The van der Waals surface area contributed by atoms with E-state index in [0.29, 0.717) is 11.3 Å². The Bertz CT molecular complexity index is 680. The average Bonchev–Trinajstić information content (AvgIpc) is 2.42. The van der Waals surface area contributed by atoms with Crippen molar-refractivity contribution in [1.82, 2.24) is 4.98 Å². The molecule has 0 N–H and O–H groups in total. The summed E-state index contributed by atoms with van der Waals surface area (Å²) in [5, 5.41) is 0.0551. The Morgan fingerprint density at radius 3 is 2.67 bits per heavy atom. The van der Waals surface area contributed by atoms with Crippen LogP contribution in [-0.4, -0.2) is 18.1 Å². The Balaban J connectivity index is 2.59. The number of ether oxygens (including phenoxy) is 1. The average molecular weight is 297 g/mol. The van der Waals surface area contributed by atoms with Crippen LogP contribution in [0.15, 0.2) is 24.3 Å². The molecule has 0 bridgehead atoms. The summed E-state index contributed by atoms with van der Waals surface area (Å²) in [6, 6.07) is 5.49. The Kier molecular flexibility index (Phi) is 4.16. The van der Waals surface area contributed by atoms with E-state index in [4.69, 9.17) is 0 Å². The first-order valence-electron chi connectivity index (χ1n) is 6.36. The zero-order chi connectivity index (χ0) is 15.6. The van der Waals surface area contributed by atoms with E-state index in [2.05, 4.69) is 9.72 Å². The van der Waals surface area contributed by atoms with Crippen LogP contribution in [0.25, 0.3) is 10.9 Å². The van der Waals surface area contributed by atoms with E-state index >= 15 is 0 Å². The number of aromatic nitrogens is 1. The molecule has 3 nitrogen and oxygen atoms in total. The number of alkyl halides is 3. The van der Waals surface area contributed by atoms with Crippen molar-refractivity contribution in [1.29, 1.82) is 0 Å². The van der Waals surface area contributed by atoms with Gasteiger partial charge in [-0.3, -0.25) is 9.78 Å². The lowest BCUT2D eigenvalue weighted by atomic mass is 9.98. The molecule has 1 heterocycles. The number of hydrogen-bond donors (Lipinski definition) is 0. The van der Waals surface area contributed by atoms with Crippen molar-refractivity contribution in [2.45, 2.75) is 25.9 Å². The molecule has 112 valence electrons. The van der Waals surface area contributed by atoms with Crippen LogP contribution in [0.3, 0.4) is 0 Å². The number of fused-ring (bicyclic) bond motifs is 1. The summed E-state index contributed by atoms with van der Waals surface area (Å²) in [6.07, 6.45) is -4.25. The lowest BCUT2D eigenvalue weighted by molar-refractivity contribution is -0.140. The molecule has 2 aromatic rings. The molecule has 0 unspecified atom stereocenters. The van der Waals surface area contributed by atoms with E-state index in [1.54, 1.807) is 19.1 Å². The molecule has 0 fully saturated rings. The lowest BCUT2D eigenvalue weighted by Gasteiger charge is -2.14. The van der Waals surface area contributed by atoms with Gasteiger partial charge in [0.1, 0.15) is 0 Å². The fourth-order valence-electron chi connectivity index (χ4n) is 2.29. The highest BCUT2D eigenvalue weighted by atomic mass is 19.4. The number of nitrogens with zero attached hydrogens (tertiary/aromatic N) is 1. The van der Waals surface area contributed by atoms with Gasteiger partial charge in [0, 0.05) is 17.5 Å². The first-order chi connectivity index (χ1) is 9.82. The van der Waals surface area contributed by atoms with E-state index < -0.39 is 17.7 Å². The van der Waals surface area contributed by atoms with E-state index in [1.807, 2.05) is 0 Å². The van der Waals surface area contributed by atoms with Gasteiger partial charge in [0.2, 0.25) is 0 Å². The Labute approximate surface area is 119 Å². The molecule has 0 radical (unpaired) electrons. The van der Waals surface area contributed by atoms with Crippen LogP contribution in [0.1, 0.15) is 23.2 Å². The zero-order valence-corrected chi connectivity index (χ0v) is 11.6. The molecular formula is C15H14F3NO2. The number of carbonyl (C=O) groups is 1. The van der Waals surface area contributed by atoms with Crippen molar-refractivity contribution in [3.63, 3.8) is 0 Å². The van der Waals surface area contributed by atoms with E-state index in [9.17, 15) is 18.0 Å². The van der Waals surface area contributed by atoms with Crippen LogP contribution >= 0.6 is 0 Å².